The number of halogens is 2. The zero-order valence-electron chi connectivity index (χ0n) is 14.1. The summed E-state index contributed by atoms with van der Waals surface area (Å²) in [4.78, 5) is 11.9. The minimum absolute atomic E-state index is 0.107. The number of rotatable bonds is 12. The second-order valence-electron chi connectivity index (χ2n) is 6.02. The smallest absolute Gasteiger partial charge is 0.220 e. The fraction of sp³-hybridized carbons (Fsp3) is 0.611. The molecule has 1 rings (SSSR count). The van der Waals surface area contributed by atoms with E-state index in [1.807, 2.05) is 12.1 Å². The maximum atomic E-state index is 11.9. The topological polar surface area (TPSA) is 75.3 Å². The van der Waals surface area contributed by atoms with Gasteiger partial charge in [-0.2, -0.15) is 0 Å². The third kappa shape index (κ3) is 9.41. The van der Waals surface area contributed by atoms with Crippen LogP contribution in [0.1, 0.15) is 56.9 Å². The van der Waals surface area contributed by atoms with Crippen LogP contribution in [0.2, 0.25) is 0 Å². The highest BCUT2D eigenvalue weighted by atomic mass is 127. The van der Waals surface area contributed by atoms with Crippen LogP contribution in [-0.2, 0) is 11.2 Å². The van der Waals surface area contributed by atoms with E-state index in [9.17, 15) is 9.90 Å². The third-order valence-corrected chi connectivity index (χ3v) is 5.57. The Bertz CT molecular complexity index is 487. The van der Waals surface area contributed by atoms with Gasteiger partial charge < -0.3 is 16.2 Å². The van der Waals surface area contributed by atoms with Crippen LogP contribution >= 0.6 is 45.2 Å². The van der Waals surface area contributed by atoms with Crippen LogP contribution < -0.4 is 11.1 Å². The molecule has 0 atom stereocenters. The number of hydrogen-bond acceptors (Lipinski definition) is 3. The van der Waals surface area contributed by atoms with Crippen molar-refractivity contribution in [1.29, 1.82) is 0 Å². The number of phenolic OH excluding ortho intramolecular Hbond substituents is 1. The quantitative estimate of drug-likeness (QED) is 0.264. The standard InChI is InChI=1S/C18H28I2N2O2/c19-15-12-14(13-16(20)18(15)24)8-9-17(23)22-11-7-5-3-1-2-4-6-10-21/h12-13,24H,1-11,21H2,(H,22,23). The van der Waals surface area contributed by atoms with Gasteiger partial charge in [0, 0.05) is 13.0 Å². The lowest BCUT2D eigenvalue weighted by atomic mass is 10.1. The van der Waals surface area contributed by atoms with Crippen LogP contribution in [0.25, 0.3) is 0 Å². The average Bonchev–Trinajstić information content (AvgIpc) is 2.56. The molecule has 6 heteroatoms. The highest BCUT2D eigenvalue weighted by molar-refractivity contribution is 14.1. The Morgan fingerprint density at radius 1 is 1.00 bits per heavy atom. The number of aromatic hydroxyl groups is 1. The maximum Gasteiger partial charge on any atom is 0.220 e. The number of carbonyl (C=O) groups excluding carboxylic acids is 1. The first kappa shape index (κ1) is 22.0. The van der Waals surface area contributed by atoms with E-state index < -0.39 is 0 Å². The van der Waals surface area contributed by atoms with Crippen LogP contribution in [0.5, 0.6) is 5.75 Å². The Kier molecular flexibility index (Phi) is 12.0. The van der Waals surface area contributed by atoms with Crippen molar-refractivity contribution in [3.05, 3.63) is 24.8 Å². The summed E-state index contributed by atoms with van der Waals surface area (Å²) in [7, 11) is 0. The molecule has 0 fully saturated rings. The molecule has 0 saturated carbocycles. The lowest BCUT2D eigenvalue weighted by Gasteiger charge is -2.07. The summed E-state index contributed by atoms with van der Waals surface area (Å²) in [6.07, 6.45) is 9.59. The fourth-order valence-corrected chi connectivity index (χ4v) is 4.39. The largest absolute Gasteiger partial charge is 0.506 e. The van der Waals surface area contributed by atoms with Gasteiger partial charge in [0.15, 0.2) is 0 Å². The first-order valence-electron chi connectivity index (χ1n) is 8.68. The van der Waals surface area contributed by atoms with Gasteiger partial charge in [-0.3, -0.25) is 4.79 Å². The Morgan fingerprint density at radius 3 is 2.12 bits per heavy atom. The molecule has 136 valence electrons. The first-order chi connectivity index (χ1) is 11.5. The summed E-state index contributed by atoms with van der Waals surface area (Å²) in [5.74, 6) is 0.434. The number of unbranched alkanes of at least 4 members (excludes halogenated alkanes) is 6. The molecule has 0 unspecified atom stereocenters. The van der Waals surface area contributed by atoms with Gasteiger partial charge >= 0.3 is 0 Å². The average molecular weight is 558 g/mol. The summed E-state index contributed by atoms with van der Waals surface area (Å²) < 4.78 is 1.67. The predicted octanol–water partition coefficient (Wildman–Crippen LogP) is 4.34. The van der Waals surface area contributed by atoms with E-state index >= 15 is 0 Å². The predicted molar refractivity (Wildman–Crippen MR) is 116 cm³/mol. The molecule has 1 aromatic carbocycles. The molecule has 0 heterocycles. The normalized spacial score (nSPS) is 10.8. The maximum absolute atomic E-state index is 11.9. The van der Waals surface area contributed by atoms with E-state index in [2.05, 4.69) is 50.5 Å². The van der Waals surface area contributed by atoms with E-state index in [-0.39, 0.29) is 5.91 Å². The SMILES string of the molecule is NCCCCCCCCCNC(=O)CCc1cc(I)c(O)c(I)c1. The van der Waals surface area contributed by atoms with E-state index in [0.717, 1.165) is 38.6 Å². The highest BCUT2D eigenvalue weighted by Crippen LogP contribution is 2.27. The highest BCUT2D eigenvalue weighted by Gasteiger charge is 2.07. The van der Waals surface area contributed by atoms with Crippen molar-refractivity contribution < 1.29 is 9.90 Å². The third-order valence-electron chi connectivity index (χ3n) is 3.92. The summed E-state index contributed by atoms with van der Waals surface area (Å²) in [6, 6.07) is 3.88. The Hall–Kier alpha value is -0.0900. The first-order valence-corrected chi connectivity index (χ1v) is 10.8. The van der Waals surface area contributed by atoms with Gasteiger partial charge in [-0.15, -0.1) is 0 Å². The zero-order valence-corrected chi connectivity index (χ0v) is 18.4. The lowest BCUT2D eigenvalue weighted by molar-refractivity contribution is -0.121. The van der Waals surface area contributed by atoms with Gasteiger partial charge in [0.25, 0.3) is 0 Å². The van der Waals surface area contributed by atoms with Crippen LogP contribution in [0.3, 0.4) is 0 Å². The summed E-state index contributed by atoms with van der Waals surface area (Å²) >= 11 is 4.23. The monoisotopic (exact) mass is 558 g/mol. The lowest BCUT2D eigenvalue weighted by Crippen LogP contribution is -2.24. The number of benzene rings is 1. The number of hydrogen-bond donors (Lipinski definition) is 3. The molecule has 0 bridgehead atoms. The van der Waals surface area contributed by atoms with E-state index in [1.165, 1.54) is 32.1 Å². The van der Waals surface area contributed by atoms with Gasteiger partial charge in [-0.1, -0.05) is 32.1 Å². The number of nitrogens with one attached hydrogen (secondary N) is 1. The molecule has 1 amide bonds. The van der Waals surface area contributed by atoms with Crippen molar-refractivity contribution in [3.63, 3.8) is 0 Å². The Labute approximate surface area is 172 Å². The number of phenols is 1. The summed E-state index contributed by atoms with van der Waals surface area (Å²) in [6.45, 7) is 1.57. The molecule has 0 spiro atoms. The Morgan fingerprint density at radius 2 is 1.54 bits per heavy atom. The molecule has 0 aliphatic rings. The number of carbonyl (C=O) groups is 1. The van der Waals surface area contributed by atoms with Crippen molar-refractivity contribution in [2.75, 3.05) is 13.1 Å². The van der Waals surface area contributed by atoms with Crippen LogP contribution in [0.4, 0.5) is 0 Å². The van der Waals surface area contributed by atoms with Gasteiger partial charge in [0.05, 0.1) is 7.14 Å². The van der Waals surface area contributed by atoms with Crippen LogP contribution in [0, 0.1) is 7.14 Å². The van der Waals surface area contributed by atoms with Gasteiger partial charge in [-0.05, 0) is 88.7 Å². The van der Waals surface area contributed by atoms with E-state index in [0.29, 0.717) is 18.6 Å². The molecular weight excluding hydrogens is 530 g/mol. The van der Waals surface area contributed by atoms with Crippen molar-refractivity contribution in [2.45, 2.75) is 57.8 Å². The fourth-order valence-electron chi connectivity index (χ4n) is 2.49. The van der Waals surface area contributed by atoms with E-state index in [1.54, 1.807) is 0 Å². The minimum atomic E-state index is 0.107. The van der Waals surface area contributed by atoms with Crippen molar-refractivity contribution in [2.24, 2.45) is 5.73 Å². The molecule has 0 aliphatic heterocycles. The molecule has 4 N–H and O–H groups in total. The van der Waals surface area contributed by atoms with Gasteiger partial charge in [0.2, 0.25) is 5.91 Å². The second kappa shape index (κ2) is 13.2. The number of aryl methyl sites for hydroxylation is 1. The van der Waals surface area contributed by atoms with Gasteiger partial charge in [0.1, 0.15) is 5.75 Å². The molecule has 4 nitrogen and oxygen atoms in total. The Balaban J connectivity index is 2.08. The minimum Gasteiger partial charge on any atom is -0.506 e. The number of nitrogens with two attached hydrogens (primary N) is 1. The second-order valence-corrected chi connectivity index (χ2v) is 8.35. The van der Waals surface area contributed by atoms with E-state index in [4.69, 9.17) is 5.73 Å². The van der Waals surface area contributed by atoms with Crippen molar-refractivity contribution in [3.8, 4) is 5.75 Å². The van der Waals surface area contributed by atoms with Crippen LogP contribution in [0.15, 0.2) is 12.1 Å². The molecule has 1 aromatic rings. The summed E-state index contributed by atoms with van der Waals surface area (Å²) in [5, 5.41) is 12.8. The molecular formula is C18H28I2N2O2. The number of amides is 1. The molecule has 0 aromatic heterocycles. The van der Waals surface area contributed by atoms with Crippen molar-refractivity contribution in [1.82, 2.24) is 5.32 Å². The van der Waals surface area contributed by atoms with Crippen LogP contribution in [-0.4, -0.2) is 24.1 Å². The van der Waals surface area contributed by atoms with Crippen molar-refractivity contribution >= 4 is 51.1 Å². The summed E-state index contributed by atoms with van der Waals surface area (Å²) in [5.41, 5.74) is 6.56. The molecule has 0 radical (unpaired) electrons. The zero-order chi connectivity index (χ0) is 17.8. The molecule has 24 heavy (non-hydrogen) atoms. The van der Waals surface area contributed by atoms with Gasteiger partial charge in [-0.25, -0.2) is 0 Å². The molecule has 0 aliphatic carbocycles. The molecule has 0 saturated heterocycles.